The molecule has 10 heterocycles. The summed E-state index contributed by atoms with van der Waals surface area (Å²) in [5.74, 6) is -0.451. The molecule has 6 aliphatic rings. The van der Waals surface area contributed by atoms with E-state index in [0.29, 0.717) is 46.8 Å². The number of nitro groups is 3. The van der Waals surface area contributed by atoms with Crippen LogP contribution in [0.15, 0.2) is 174 Å². The third-order valence-corrected chi connectivity index (χ3v) is 29.6. The number of nitro benzene ring substituents is 2. The second kappa shape index (κ2) is 48.8. The molecule has 0 radical (unpaired) electrons. The number of ether oxygens (including phenoxy) is 5. The second-order valence-electron chi connectivity index (χ2n) is 44.2. The van der Waals surface area contributed by atoms with Crippen molar-refractivity contribution in [3.05, 3.63) is 243 Å². The van der Waals surface area contributed by atoms with Crippen LogP contribution in [-0.4, -0.2) is 293 Å². The van der Waals surface area contributed by atoms with Crippen LogP contribution < -0.4 is 41.4 Å². The molecule has 0 atom stereocenters. The topological polar surface area (TPSA) is 344 Å². The normalized spacial score (nSPS) is 15.7. The maximum Gasteiger partial charge on any atom is 0.419 e. The van der Waals surface area contributed by atoms with Gasteiger partial charge in [-0.2, -0.15) is 0 Å². The number of nitrogen functional groups attached to an aromatic ring is 1. The number of hydrogen-bond acceptors (Lipinski definition) is 27. The van der Waals surface area contributed by atoms with Gasteiger partial charge in [0.2, 0.25) is 0 Å². The van der Waals surface area contributed by atoms with Crippen molar-refractivity contribution < 1.29 is 57.2 Å². The lowest BCUT2D eigenvalue weighted by Crippen LogP contribution is -2.44. The molecule has 17 rings (SSSR count). The van der Waals surface area contributed by atoms with Crippen LogP contribution in [-0.2, 0) is 43.6 Å². The summed E-state index contributed by atoms with van der Waals surface area (Å²) in [6.45, 7) is 54.6. The van der Waals surface area contributed by atoms with Crippen LogP contribution in [0.2, 0.25) is 51.4 Å². The lowest BCUT2D eigenvalue weighted by molar-refractivity contribution is -0.385. The molecule has 5 saturated heterocycles. The molecule has 0 unspecified atom stereocenters. The first-order valence-corrected chi connectivity index (χ1v) is 57.9. The Labute approximate surface area is 863 Å². The van der Waals surface area contributed by atoms with E-state index in [9.17, 15) is 58.7 Å². The number of fused-ring (bicyclic) bond motifs is 4. The monoisotopic (exact) mass is 2060 g/mol. The van der Waals surface area contributed by atoms with Gasteiger partial charge in [0.1, 0.15) is 36.1 Å². The summed E-state index contributed by atoms with van der Waals surface area (Å²) in [6, 6.07) is 44.0. The highest BCUT2D eigenvalue weighted by Crippen LogP contribution is 2.37. The number of piperazine rings is 5. The Morgan fingerprint density at radius 2 is 0.762 bits per heavy atom. The fraction of sp³-hybridized carbons (Fsp3) is 0.477. The number of pyridine rings is 2. The molecule has 792 valence electrons. The van der Waals surface area contributed by atoms with E-state index >= 15 is 0 Å². The first-order chi connectivity index (χ1) is 69.2. The average molecular weight is 2060 g/mol. The minimum atomic E-state index is -1.36. The van der Waals surface area contributed by atoms with Gasteiger partial charge < -0.3 is 78.4 Å². The number of hydrogen-bond donors (Lipinski definition) is 1. The number of anilines is 6. The molecule has 38 heteroatoms. The fourth-order valence-electron chi connectivity index (χ4n) is 17.6. The number of carbonyl (C=O) groups excluding carboxylic acids is 3. The van der Waals surface area contributed by atoms with Crippen molar-refractivity contribution in [3.63, 3.8) is 0 Å². The molecule has 2 N–H and O–H groups in total. The van der Waals surface area contributed by atoms with Crippen LogP contribution in [0.3, 0.4) is 0 Å². The van der Waals surface area contributed by atoms with Crippen LogP contribution in [0.4, 0.5) is 70.0 Å². The lowest BCUT2D eigenvalue weighted by Gasteiger charge is -2.34. The summed E-state index contributed by atoms with van der Waals surface area (Å²) in [7, 11) is 8.06. The maximum atomic E-state index is 13.7. The van der Waals surface area contributed by atoms with E-state index in [4.69, 9.17) is 29.4 Å². The van der Waals surface area contributed by atoms with Crippen molar-refractivity contribution in [1.29, 1.82) is 0 Å². The largest absolute Gasteiger partial charge is 0.443 e. The van der Waals surface area contributed by atoms with Gasteiger partial charge in [-0.05, 0) is 256 Å². The molecule has 1 aliphatic carbocycles. The Morgan fingerprint density at radius 3 is 1.15 bits per heavy atom. The number of allylic oxidation sites excluding steroid dienone is 1. The molecule has 5 aromatic heterocycles. The van der Waals surface area contributed by atoms with Crippen LogP contribution in [0.1, 0.15) is 84.6 Å². The van der Waals surface area contributed by atoms with E-state index in [1.807, 2.05) is 102 Å². The maximum absolute atomic E-state index is 13.7. The van der Waals surface area contributed by atoms with Crippen LogP contribution in [0.5, 0.6) is 0 Å². The number of aromatic nitrogens is 5. The highest BCUT2D eigenvalue weighted by molar-refractivity contribution is 6.76. The Morgan fingerprint density at radius 1 is 0.408 bits per heavy atom. The van der Waals surface area contributed by atoms with Gasteiger partial charge >= 0.3 is 18.3 Å². The van der Waals surface area contributed by atoms with Gasteiger partial charge in [0.25, 0.3) is 28.2 Å². The zero-order valence-corrected chi connectivity index (χ0v) is 91.8. The summed E-state index contributed by atoms with van der Waals surface area (Å²) in [5, 5.41) is 35.5. The summed E-state index contributed by atoms with van der Waals surface area (Å²) >= 11 is 0. The highest BCUT2D eigenvalue weighted by atomic mass is 28.3. The number of likely N-dealkylation sites (N-methyl/N-ethyl adjacent to an activating group) is 5. The van der Waals surface area contributed by atoms with Crippen molar-refractivity contribution in [2.75, 3.05) is 210 Å². The summed E-state index contributed by atoms with van der Waals surface area (Å²) < 4.78 is 48.0. The standard InChI is InChI=1S/C29H41N5O6Si.C29H43N5O4Si.C18H25N3O2.C14H18N2.C12H17N3O2.C7H6FNO2/c1-29(2,3)40-28(36)33-25-9-8-22(31-12-10-30(4)11-13-31)16-21(25)17-26(33)24-18-23(34(37)38)19-32(27(24)35)20-39-14-15-41(5,6)7;1-29(2,3)38-28(36)34-25-9-8-23(32-12-10-31(4)11-13-32)16-21(25)17-26(34)24-18-22(30)19-33(27(24)35)20-37-14-15-39(5,6)7;1-18(2,3)23-17(22)21-8-7-14-13-15(5-6-16(14)21)20-11-9-19(4)10-12-20;1-15-7-9-16(10-8-15)14-6-5-12-3-2-4-13(12)11-14;1-10-9-11(3-4-12(10)15(16)17)14-7-5-13(2)6-8-14;1-5-4-6(8)2-3-7(5)9(10)11/h8-9,16-19H,10-15,20H2,1-7H3;8-9,16-19H,10-15,20,30H2,1-7H3;5-8,13H,9-12H2,1-4H3;2,4-6,11H,3,7-10H2,1H3;3-4,9H,5-8H2,1-2H3;2-4H,1H3. The van der Waals surface area contributed by atoms with Crippen molar-refractivity contribution in [2.24, 2.45) is 0 Å². The fourth-order valence-corrected chi connectivity index (χ4v) is 19.2. The number of rotatable bonds is 20. The predicted molar refractivity (Wildman–Crippen MR) is 593 cm³/mol. The van der Waals surface area contributed by atoms with Gasteiger partial charge in [-0.3, -0.25) is 53.6 Å². The minimum absolute atomic E-state index is 0.0243. The number of halogens is 1. The third kappa shape index (κ3) is 31.6. The molecule has 0 spiro atoms. The summed E-state index contributed by atoms with van der Waals surface area (Å²) in [4.78, 5) is 121. The third-order valence-electron chi connectivity index (χ3n) is 26.2. The van der Waals surface area contributed by atoms with Crippen LogP contribution >= 0.6 is 0 Å². The quantitative estimate of drug-likeness (QED) is 0.0243. The number of nitrogens with two attached hydrogens (primary N) is 1. The van der Waals surface area contributed by atoms with Gasteiger partial charge in [0.05, 0.1) is 60.0 Å². The molecule has 0 saturated carbocycles. The number of nitrogens with zero attached hydrogens (tertiary/aromatic N) is 18. The van der Waals surface area contributed by atoms with E-state index in [2.05, 4.69) is 172 Å². The Balaban J connectivity index is 0.000000166. The van der Waals surface area contributed by atoms with E-state index in [0.717, 1.165) is 199 Å². The van der Waals surface area contributed by atoms with Crippen molar-refractivity contribution >= 4 is 124 Å². The summed E-state index contributed by atoms with van der Waals surface area (Å²) in [6.07, 6.45) is 8.62. The molecule has 35 nitrogen and oxygen atoms in total. The molecule has 0 amide bonds. The minimum Gasteiger partial charge on any atom is -0.443 e. The Hall–Kier alpha value is -12.9. The molecule has 0 bridgehead atoms. The lowest BCUT2D eigenvalue weighted by atomic mass is 10.1. The van der Waals surface area contributed by atoms with E-state index < -0.39 is 66.4 Å². The Bertz CT molecular complexity index is 6640. The van der Waals surface area contributed by atoms with Crippen molar-refractivity contribution in [1.82, 2.24) is 47.3 Å². The van der Waals surface area contributed by atoms with E-state index in [1.54, 1.807) is 62.9 Å². The second-order valence-corrected chi connectivity index (χ2v) is 55.5. The molecule has 5 fully saturated rings. The van der Waals surface area contributed by atoms with E-state index in [-0.39, 0.29) is 58.4 Å². The van der Waals surface area contributed by atoms with Gasteiger partial charge in [-0.15, -0.1) is 0 Å². The molecular formula is C109H150FN19O16Si2. The summed E-state index contributed by atoms with van der Waals surface area (Å²) in [5.41, 5.74) is 16.7. The van der Waals surface area contributed by atoms with E-state index in [1.165, 1.54) is 73.0 Å². The van der Waals surface area contributed by atoms with Gasteiger partial charge in [0, 0.05) is 252 Å². The highest BCUT2D eigenvalue weighted by Gasteiger charge is 2.32. The molecule has 6 aromatic carbocycles. The average Bonchev–Trinajstić information content (AvgIpc) is 1.60. The smallest absolute Gasteiger partial charge is 0.419 e. The van der Waals surface area contributed by atoms with Crippen molar-refractivity contribution in [3.8, 4) is 22.5 Å². The molecular weight excluding hydrogens is 1910 g/mol. The van der Waals surface area contributed by atoms with Crippen LogP contribution in [0.25, 0.3) is 61.3 Å². The molecule has 11 aromatic rings. The van der Waals surface area contributed by atoms with Gasteiger partial charge in [-0.25, -0.2) is 27.9 Å². The zero-order chi connectivity index (χ0) is 107. The first kappa shape index (κ1) is 113. The van der Waals surface area contributed by atoms with Gasteiger partial charge in [-0.1, -0.05) is 57.5 Å². The zero-order valence-electron chi connectivity index (χ0n) is 89.8. The SMILES string of the molecule is CN1CCN(c2ccc3c(c2)C=CC3)CC1.CN1CCN(c2ccc3c(c2)cc(-c2cc(N)cn(COCC[Si](C)(C)C)c2=O)n3C(=O)OC(C)(C)C)CC1.CN1CCN(c2ccc3c(c2)cc(-c2cc([N+](=O)[O-])cn(COCC[Si](C)(C)C)c2=O)n3C(=O)OC(C)(C)C)CC1.CN1CCN(c2ccc3c(ccn3C(=O)OC(C)(C)C)c2)CC1.Cc1cc(F)ccc1[N+](=O)[O-].Cc1cc(N2CCN(C)CC2)ccc1[N+](=O)[O-]. The van der Waals surface area contributed by atoms with Crippen molar-refractivity contribution in [2.45, 2.75) is 164 Å². The predicted octanol–water partition coefficient (Wildman–Crippen LogP) is 19.0. The number of carbonyl (C=O) groups is 3. The first-order valence-electron chi connectivity index (χ1n) is 50.5. The Kier molecular flexibility index (Phi) is 37.5. The number of benzene rings is 6. The molecule has 147 heavy (non-hydrogen) atoms. The number of aryl methyl sites for hydroxylation is 2. The van der Waals surface area contributed by atoms with Crippen LogP contribution in [0, 0.1) is 50.0 Å². The molecule has 5 aliphatic heterocycles. The van der Waals surface area contributed by atoms with Gasteiger partial charge in [0.15, 0.2) is 0 Å².